The van der Waals surface area contributed by atoms with Gasteiger partial charge in [0.25, 0.3) is 0 Å². The summed E-state index contributed by atoms with van der Waals surface area (Å²) in [7, 11) is 0. The van der Waals surface area contributed by atoms with Crippen molar-refractivity contribution in [1.82, 2.24) is 0 Å². The maximum atomic E-state index is 5.61. The van der Waals surface area contributed by atoms with Crippen molar-refractivity contribution in [2.45, 2.75) is 0 Å². The lowest BCUT2D eigenvalue weighted by Crippen LogP contribution is -2.04. The Morgan fingerprint density at radius 2 is 0.818 bits per heavy atom. The first-order valence-corrected chi connectivity index (χ1v) is 7.87. The van der Waals surface area contributed by atoms with Gasteiger partial charge in [0.1, 0.15) is 0 Å². The van der Waals surface area contributed by atoms with E-state index in [1.54, 1.807) is 0 Å². The highest BCUT2D eigenvalue weighted by Crippen LogP contribution is 2.16. The third-order valence-electron chi connectivity index (χ3n) is 3.46. The monoisotopic (exact) mass is 318 g/mol. The lowest BCUT2D eigenvalue weighted by Gasteiger charge is -2.08. The second kappa shape index (κ2) is 6.73. The van der Waals surface area contributed by atoms with Crippen LogP contribution in [-0.2, 0) is 0 Å². The van der Waals surface area contributed by atoms with Gasteiger partial charge in [0.15, 0.2) is 0 Å². The van der Waals surface area contributed by atoms with Gasteiger partial charge in [-0.2, -0.15) is 0 Å². The normalized spacial score (nSPS) is 10.2. The van der Waals surface area contributed by atoms with E-state index in [1.165, 1.54) is 0 Å². The molecule has 0 heterocycles. The summed E-state index contributed by atoms with van der Waals surface area (Å²) < 4.78 is 0. The molecule has 0 nitrogen and oxygen atoms in total. The Morgan fingerprint density at radius 3 is 1.23 bits per heavy atom. The van der Waals surface area contributed by atoms with E-state index in [2.05, 4.69) is 6.07 Å². The largest absolute Gasteiger partial charge is 0.0788 e. The first kappa shape index (κ1) is 14.8. The zero-order valence-corrected chi connectivity index (χ0v) is 13.5. The standard InChI is InChI=1S/C20H14S2/c21-19(15-8-3-1-4-9-15)17-12-7-13-18(14-17)20(22)16-10-5-2-6-11-16/h1-14H. The van der Waals surface area contributed by atoms with Crippen LogP contribution in [0.4, 0.5) is 0 Å². The quantitative estimate of drug-likeness (QED) is 0.478. The summed E-state index contributed by atoms with van der Waals surface area (Å²) in [5.74, 6) is 0. The minimum absolute atomic E-state index is 0.846. The van der Waals surface area contributed by atoms with Gasteiger partial charge in [-0.05, 0) is 28.3 Å². The predicted octanol–water partition coefficient (Wildman–Crippen LogP) is 5.22. The molecule has 22 heavy (non-hydrogen) atoms. The van der Waals surface area contributed by atoms with Crippen LogP contribution in [0, 0.1) is 0 Å². The molecular weight excluding hydrogens is 304 g/mol. The van der Waals surface area contributed by atoms with Crippen LogP contribution in [0.3, 0.4) is 0 Å². The van der Waals surface area contributed by atoms with Crippen LogP contribution in [-0.4, -0.2) is 9.73 Å². The molecule has 0 aliphatic rings. The molecule has 3 aromatic rings. The smallest absolute Gasteiger partial charge is 0.0522 e. The Kier molecular flexibility index (Phi) is 4.52. The minimum atomic E-state index is 0.846. The highest BCUT2D eigenvalue weighted by atomic mass is 32.1. The first-order chi connectivity index (χ1) is 10.8. The predicted molar refractivity (Wildman–Crippen MR) is 101 cm³/mol. The molecule has 0 saturated heterocycles. The maximum absolute atomic E-state index is 5.61. The van der Waals surface area contributed by atoms with E-state index in [0.29, 0.717) is 0 Å². The lowest BCUT2D eigenvalue weighted by molar-refractivity contribution is 1.58. The molecule has 0 saturated carbocycles. The average molecular weight is 318 g/mol. The van der Waals surface area contributed by atoms with Crippen LogP contribution in [0.25, 0.3) is 0 Å². The third kappa shape index (κ3) is 3.19. The van der Waals surface area contributed by atoms with Gasteiger partial charge in [-0.15, -0.1) is 0 Å². The molecule has 0 aliphatic carbocycles. The van der Waals surface area contributed by atoms with Gasteiger partial charge in [0.05, 0.1) is 9.73 Å². The van der Waals surface area contributed by atoms with Crippen molar-refractivity contribution < 1.29 is 0 Å². The molecule has 0 radical (unpaired) electrons. The van der Waals surface area contributed by atoms with Gasteiger partial charge < -0.3 is 0 Å². The summed E-state index contributed by atoms with van der Waals surface area (Å²) in [5.41, 5.74) is 4.16. The SMILES string of the molecule is S=C(c1ccccc1)c1cccc(C(=S)c2ccccc2)c1. The molecule has 0 unspecified atom stereocenters. The van der Waals surface area contributed by atoms with Crippen molar-refractivity contribution in [2.24, 2.45) is 0 Å². The van der Waals surface area contributed by atoms with E-state index >= 15 is 0 Å². The van der Waals surface area contributed by atoms with E-state index < -0.39 is 0 Å². The lowest BCUT2D eigenvalue weighted by atomic mass is 9.99. The number of benzene rings is 3. The molecule has 3 aromatic carbocycles. The zero-order valence-electron chi connectivity index (χ0n) is 11.9. The van der Waals surface area contributed by atoms with Gasteiger partial charge in [0, 0.05) is 0 Å². The Bertz CT molecular complexity index is 739. The summed E-state index contributed by atoms with van der Waals surface area (Å²) in [5, 5.41) is 0. The molecule has 0 amide bonds. The van der Waals surface area contributed by atoms with Gasteiger partial charge in [-0.3, -0.25) is 0 Å². The second-order valence-corrected chi connectivity index (χ2v) is 5.79. The summed E-state index contributed by atoms with van der Waals surface area (Å²) >= 11 is 11.2. The third-order valence-corrected chi connectivity index (χ3v) is 4.40. The fourth-order valence-electron chi connectivity index (χ4n) is 2.31. The Hall–Kier alpha value is -2.16. The Balaban J connectivity index is 1.94. The van der Waals surface area contributed by atoms with Crippen molar-refractivity contribution in [2.75, 3.05) is 0 Å². The molecule has 0 spiro atoms. The molecule has 0 aliphatic heterocycles. The summed E-state index contributed by atoms with van der Waals surface area (Å²) in [6.07, 6.45) is 0. The van der Waals surface area contributed by atoms with Crippen molar-refractivity contribution >= 4 is 34.2 Å². The molecule has 3 rings (SSSR count). The van der Waals surface area contributed by atoms with E-state index in [9.17, 15) is 0 Å². The molecule has 106 valence electrons. The molecule has 0 N–H and O–H groups in total. The fourth-order valence-corrected chi connectivity index (χ4v) is 2.84. The van der Waals surface area contributed by atoms with Crippen molar-refractivity contribution in [3.05, 3.63) is 107 Å². The van der Waals surface area contributed by atoms with Gasteiger partial charge in [-0.25, -0.2) is 0 Å². The summed E-state index contributed by atoms with van der Waals surface area (Å²) in [4.78, 5) is 1.69. The molecule has 0 fully saturated rings. The molecular formula is C20H14S2. The van der Waals surface area contributed by atoms with Crippen LogP contribution >= 0.6 is 24.4 Å². The maximum Gasteiger partial charge on any atom is 0.0522 e. The minimum Gasteiger partial charge on any atom is -0.0788 e. The number of thiocarbonyl (C=S) groups is 2. The highest BCUT2D eigenvalue weighted by molar-refractivity contribution is 7.81. The average Bonchev–Trinajstić information content (AvgIpc) is 2.62. The highest BCUT2D eigenvalue weighted by Gasteiger charge is 2.08. The van der Waals surface area contributed by atoms with Crippen LogP contribution in [0.5, 0.6) is 0 Å². The molecule has 0 atom stereocenters. The van der Waals surface area contributed by atoms with Gasteiger partial charge >= 0.3 is 0 Å². The number of hydrogen-bond acceptors (Lipinski definition) is 2. The Morgan fingerprint density at radius 1 is 0.455 bits per heavy atom. The topological polar surface area (TPSA) is 0 Å². The molecule has 0 aromatic heterocycles. The number of rotatable bonds is 4. The summed E-state index contributed by atoms with van der Waals surface area (Å²) in [6, 6.07) is 28.3. The van der Waals surface area contributed by atoms with Gasteiger partial charge in [0.2, 0.25) is 0 Å². The van der Waals surface area contributed by atoms with Crippen molar-refractivity contribution in [1.29, 1.82) is 0 Å². The Labute approximate surface area is 141 Å². The zero-order chi connectivity index (χ0) is 15.4. The summed E-state index contributed by atoms with van der Waals surface area (Å²) in [6.45, 7) is 0. The van der Waals surface area contributed by atoms with E-state index in [4.69, 9.17) is 24.4 Å². The fraction of sp³-hybridized carbons (Fsp3) is 0. The molecule has 0 bridgehead atoms. The van der Waals surface area contributed by atoms with Crippen LogP contribution in [0.2, 0.25) is 0 Å². The van der Waals surface area contributed by atoms with Crippen LogP contribution in [0.15, 0.2) is 84.9 Å². The van der Waals surface area contributed by atoms with Crippen molar-refractivity contribution in [3.63, 3.8) is 0 Å². The van der Waals surface area contributed by atoms with Crippen molar-refractivity contribution in [3.8, 4) is 0 Å². The van der Waals surface area contributed by atoms with Crippen LogP contribution < -0.4 is 0 Å². The van der Waals surface area contributed by atoms with E-state index in [0.717, 1.165) is 32.0 Å². The molecule has 2 heteroatoms. The first-order valence-electron chi connectivity index (χ1n) is 7.05. The number of hydrogen-bond donors (Lipinski definition) is 0. The van der Waals surface area contributed by atoms with E-state index in [1.807, 2.05) is 78.9 Å². The second-order valence-electron chi connectivity index (χ2n) is 4.97. The van der Waals surface area contributed by atoms with Gasteiger partial charge in [-0.1, -0.05) is 103 Å². The van der Waals surface area contributed by atoms with E-state index in [-0.39, 0.29) is 0 Å². The van der Waals surface area contributed by atoms with Crippen LogP contribution in [0.1, 0.15) is 22.3 Å².